The molecule has 1 fully saturated rings. The predicted octanol–water partition coefficient (Wildman–Crippen LogP) is 4.67. The van der Waals surface area contributed by atoms with E-state index in [1.165, 1.54) is 0 Å². The zero-order chi connectivity index (χ0) is 23.2. The quantitative estimate of drug-likeness (QED) is 0.448. The minimum absolute atomic E-state index is 0.0478. The van der Waals surface area contributed by atoms with E-state index in [4.69, 9.17) is 19.2 Å². The first-order valence-electron chi connectivity index (χ1n) is 11.8. The van der Waals surface area contributed by atoms with Crippen LogP contribution < -0.4 is 14.2 Å². The second-order valence-corrected chi connectivity index (χ2v) is 8.76. The lowest BCUT2D eigenvalue weighted by atomic mass is 10.2. The molecule has 0 bridgehead atoms. The van der Waals surface area contributed by atoms with E-state index in [9.17, 15) is 4.79 Å². The molecule has 1 aromatic heterocycles. The van der Waals surface area contributed by atoms with Gasteiger partial charge in [-0.15, -0.1) is 0 Å². The van der Waals surface area contributed by atoms with E-state index in [2.05, 4.69) is 18.4 Å². The summed E-state index contributed by atoms with van der Waals surface area (Å²) in [6, 6.07) is 13.4. The number of amides is 1. The maximum absolute atomic E-state index is 12.3. The zero-order valence-electron chi connectivity index (χ0n) is 19.8. The average molecular weight is 452 g/mol. The number of carbonyl (C=O) groups is 1. The molecule has 4 rings (SSSR count). The molecule has 0 unspecified atom stereocenters. The van der Waals surface area contributed by atoms with Crippen LogP contribution in [-0.4, -0.2) is 46.7 Å². The van der Waals surface area contributed by atoms with Crippen molar-refractivity contribution < 1.29 is 19.0 Å². The molecule has 2 heterocycles. The Hall–Kier alpha value is -3.22. The highest BCUT2D eigenvalue weighted by Gasteiger charge is 2.19. The standard InChI is InChI=1S/C26H33N3O4/c1-4-31-20-8-7-9-21(14-20)32-17-25-27-23-11-10-22(15-24(23)29(25)16-19(2)3)33-18-26(30)28-12-5-6-13-28/h7-11,14-15,19H,4-6,12-13,16-18H2,1-3H3. The van der Waals surface area contributed by atoms with Gasteiger partial charge < -0.3 is 23.7 Å². The van der Waals surface area contributed by atoms with Crippen molar-refractivity contribution in [3.05, 3.63) is 48.3 Å². The molecule has 176 valence electrons. The molecule has 0 radical (unpaired) electrons. The number of hydrogen-bond donors (Lipinski definition) is 0. The SMILES string of the molecule is CCOc1cccc(OCc2nc3ccc(OCC(=O)N4CCCC4)cc3n2CC(C)C)c1. The lowest BCUT2D eigenvalue weighted by molar-refractivity contribution is -0.132. The van der Waals surface area contributed by atoms with Gasteiger partial charge in [0.1, 0.15) is 29.7 Å². The topological polar surface area (TPSA) is 65.8 Å². The minimum atomic E-state index is 0.0478. The van der Waals surface area contributed by atoms with Gasteiger partial charge in [0.05, 0.1) is 17.6 Å². The molecule has 0 aliphatic carbocycles. The molecular weight excluding hydrogens is 418 g/mol. The van der Waals surface area contributed by atoms with E-state index in [-0.39, 0.29) is 12.5 Å². The predicted molar refractivity (Wildman–Crippen MR) is 128 cm³/mol. The Bertz CT molecular complexity index is 1090. The van der Waals surface area contributed by atoms with Crippen LogP contribution in [0.5, 0.6) is 17.2 Å². The van der Waals surface area contributed by atoms with E-state index in [1.54, 1.807) is 0 Å². The summed E-state index contributed by atoms with van der Waals surface area (Å²) in [5.41, 5.74) is 1.87. The molecule has 0 N–H and O–H groups in total. The van der Waals surface area contributed by atoms with Crippen molar-refractivity contribution in [2.24, 2.45) is 5.92 Å². The lowest BCUT2D eigenvalue weighted by Crippen LogP contribution is -2.32. The van der Waals surface area contributed by atoms with Crippen molar-refractivity contribution in [2.45, 2.75) is 46.8 Å². The number of likely N-dealkylation sites (tertiary alicyclic amines) is 1. The summed E-state index contributed by atoms with van der Waals surface area (Å²) in [5.74, 6) is 3.54. The average Bonchev–Trinajstić information content (AvgIpc) is 3.45. The van der Waals surface area contributed by atoms with Gasteiger partial charge >= 0.3 is 0 Å². The molecule has 7 heteroatoms. The Kier molecular flexibility index (Phi) is 7.37. The number of carbonyl (C=O) groups excluding carboxylic acids is 1. The largest absolute Gasteiger partial charge is 0.494 e. The number of rotatable bonds is 10. The number of benzene rings is 2. The summed E-state index contributed by atoms with van der Waals surface area (Å²) in [6.45, 7) is 9.82. The van der Waals surface area contributed by atoms with Crippen molar-refractivity contribution >= 4 is 16.9 Å². The molecule has 1 saturated heterocycles. The summed E-state index contributed by atoms with van der Waals surface area (Å²) < 4.78 is 19.6. The van der Waals surface area contributed by atoms with Gasteiger partial charge in [0.2, 0.25) is 0 Å². The maximum atomic E-state index is 12.3. The first kappa shape index (κ1) is 23.0. The number of ether oxygens (including phenoxy) is 3. The third kappa shape index (κ3) is 5.78. The molecule has 2 aromatic carbocycles. The third-order valence-electron chi connectivity index (χ3n) is 5.65. The van der Waals surface area contributed by atoms with E-state index in [0.29, 0.717) is 24.9 Å². The van der Waals surface area contributed by atoms with E-state index in [1.807, 2.05) is 54.3 Å². The van der Waals surface area contributed by atoms with Gasteiger partial charge in [-0.05, 0) is 49.9 Å². The van der Waals surface area contributed by atoms with E-state index >= 15 is 0 Å². The molecule has 0 spiro atoms. The van der Waals surface area contributed by atoms with E-state index in [0.717, 1.165) is 60.8 Å². The van der Waals surface area contributed by atoms with Crippen molar-refractivity contribution in [1.82, 2.24) is 14.5 Å². The van der Waals surface area contributed by atoms with Gasteiger partial charge in [0, 0.05) is 31.8 Å². The maximum Gasteiger partial charge on any atom is 0.260 e. The van der Waals surface area contributed by atoms with Crippen LogP contribution in [0.15, 0.2) is 42.5 Å². The molecule has 3 aromatic rings. The van der Waals surface area contributed by atoms with Crippen LogP contribution >= 0.6 is 0 Å². The van der Waals surface area contributed by atoms with Crippen molar-refractivity contribution in [3.63, 3.8) is 0 Å². The zero-order valence-corrected chi connectivity index (χ0v) is 19.8. The smallest absolute Gasteiger partial charge is 0.260 e. The Labute approximate surface area is 195 Å². The number of aromatic nitrogens is 2. The first-order chi connectivity index (χ1) is 16.0. The molecule has 1 aliphatic rings. The molecule has 0 saturated carbocycles. The van der Waals surface area contributed by atoms with Crippen LogP contribution in [0.3, 0.4) is 0 Å². The number of fused-ring (bicyclic) bond motifs is 1. The van der Waals surface area contributed by atoms with Crippen LogP contribution in [0.1, 0.15) is 39.4 Å². The summed E-state index contributed by atoms with van der Waals surface area (Å²) in [4.78, 5) is 19.0. The van der Waals surface area contributed by atoms with Gasteiger partial charge in [0.15, 0.2) is 6.61 Å². The Balaban J connectivity index is 1.51. The van der Waals surface area contributed by atoms with E-state index < -0.39 is 0 Å². The van der Waals surface area contributed by atoms with Gasteiger partial charge in [-0.3, -0.25) is 4.79 Å². The minimum Gasteiger partial charge on any atom is -0.494 e. The fourth-order valence-corrected chi connectivity index (χ4v) is 4.09. The van der Waals surface area contributed by atoms with Crippen molar-refractivity contribution in [1.29, 1.82) is 0 Å². The Morgan fingerprint density at radius 2 is 1.73 bits per heavy atom. The summed E-state index contributed by atoms with van der Waals surface area (Å²) in [6.07, 6.45) is 2.15. The van der Waals surface area contributed by atoms with Crippen molar-refractivity contribution in [3.8, 4) is 17.2 Å². The molecule has 1 aliphatic heterocycles. The fourth-order valence-electron chi connectivity index (χ4n) is 4.09. The second-order valence-electron chi connectivity index (χ2n) is 8.76. The van der Waals surface area contributed by atoms with Gasteiger partial charge in [0.25, 0.3) is 5.91 Å². The Morgan fingerprint density at radius 1 is 1.00 bits per heavy atom. The van der Waals surface area contributed by atoms with Crippen LogP contribution in [0, 0.1) is 5.92 Å². The van der Waals surface area contributed by atoms with Crippen LogP contribution in [-0.2, 0) is 17.9 Å². The van der Waals surface area contributed by atoms with Crippen molar-refractivity contribution in [2.75, 3.05) is 26.3 Å². The molecule has 0 atom stereocenters. The number of imidazole rings is 1. The number of nitrogens with zero attached hydrogens (tertiary/aromatic N) is 3. The van der Waals surface area contributed by atoms with Gasteiger partial charge in [-0.1, -0.05) is 19.9 Å². The Morgan fingerprint density at radius 3 is 2.45 bits per heavy atom. The highest BCUT2D eigenvalue weighted by Crippen LogP contribution is 2.25. The molecular formula is C26H33N3O4. The molecule has 1 amide bonds. The van der Waals surface area contributed by atoms with Crippen LogP contribution in [0.2, 0.25) is 0 Å². The number of hydrogen-bond acceptors (Lipinski definition) is 5. The highest BCUT2D eigenvalue weighted by atomic mass is 16.5. The summed E-state index contributed by atoms with van der Waals surface area (Å²) >= 11 is 0. The monoisotopic (exact) mass is 451 g/mol. The van der Waals surface area contributed by atoms with Gasteiger partial charge in [-0.25, -0.2) is 4.98 Å². The first-order valence-corrected chi connectivity index (χ1v) is 11.8. The van der Waals surface area contributed by atoms with Crippen LogP contribution in [0.25, 0.3) is 11.0 Å². The second kappa shape index (κ2) is 10.6. The molecule has 33 heavy (non-hydrogen) atoms. The van der Waals surface area contributed by atoms with Gasteiger partial charge in [-0.2, -0.15) is 0 Å². The highest BCUT2D eigenvalue weighted by molar-refractivity contribution is 5.79. The fraction of sp³-hybridized carbons (Fsp3) is 0.462. The third-order valence-corrected chi connectivity index (χ3v) is 5.65. The molecule has 7 nitrogen and oxygen atoms in total. The summed E-state index contributed by atoms with van der Waals surface area (Å²) in [5, 5.41) is 0. The summed E-state index contributed by atoms with van der Waals surface area (Å²) in [7, 11) is 0. The normalized spacial score (nSPS) is 13.6. The lowest BCUT2D eigenvalue weighted by Gasteiger charge is -2.16. The van der Waals surface area contributed by atoms with Crippen LogP contribution in [0.4, 0.5) is 0 Å².